The number of carbonyl (C=O) groups excluding carboxylic acids is 1. The van der Waals surface area contributed by atoms with Crippen LogP contribution in [0.15, 0.2) is 53.4 Å². The van der Waals surface area contributed by atoms with Crippen molar-refractivity contribution in [3.05, 3.63) is 69.7 Å². The molecule has 120 valence electrons. The van der Waals surface area contributed by atoms with Crippen LogP contribution in [0.25, 0.3) is 0 Å². The fraction of sp³-hybridized carbons (Fsp3) is 0.278. The van der Waals surface area contributed by atoms with Gasteiger partial charge in [0.15, 0.2) is 0 Å². The molecule has 0 radical (unpaired) electrons. The van der Waals surface area contributed by atoms with E-state index in [0.29, 0.717) is 13.1 Å². The Bertz CT molecular complexity index is 697. The summed E-state index contributed by atoms with van der Waals surface area (Å²) in [4.78, 5) is 15.5. The molecule has 0 atom stereocenters. The van der Waals surface area contributed by atoms with Crippen LogP contribution < -0.4 is 5.32 Å². The van der Waals surface area contributed by atoms with Gasteiger partial charge >= 0.3 is 0 Å². The van der Waals surface area contributed by atoms with Crippen molar-refractivity contribution >= 4 is 17.2 Å². The topological polar surface area (TPSA) is 32.3 Å². The van der Waals surface area contributed by atoms with Crippen LogP contribution in [0.5, 0.6) is 0 Å². The van der Waals surface area contributed by atoms with Gasteiger partial charge in [-0.3, -0.25) is 9.69 Å². The zero-order valence-corrected chi connectivity index (χ0v) is 13.6. The fourth-order valence-corrected chi connectivity index (χ4v) is 3.29. The average molecular weight is 330 g/mol. The highest BCUT2D eigenvalue weighted by Gasteiger charge is 2.17. The molecule has 0 fully saturated rings. The summed E-state index contributed by atoms with van der Waals surface area (Å²) >= 11 is 1.64. The number of thiophene rings is 1. The van der Waals surface area contributed by atoms with E-state index in [1.165, 1.54) is 6.07 Å². The average Bonchev–Trinajstić information content (AvgIpc) is 3.07. The van der Waals surface area contributed by atoms with Gasteiger partial charge in [0.2, 0.25) is 5.91 Å². The van der Waals surface area contributed by atoms with Crippen molar-refractivity contribution in [1.82, 2.24) is 10.2 Å². The molecule has 1 aromatic heterocycles. The first-order chi connectivity index (χ1) is 11.2. The predicted molar refractivity (Wildman–Crippen MR) is 90.5 cm³/mol. The first-order valence-electron chi connectivity index (χ1n) is 7.67. The highest BCUT2D eigenvalue weighted by Crippen LogP contribution is 2.15. The summed E-state index contributed by atoms with van der Waals surface area (Å²) in [5.41, 5.74) is 1.81. The Balaban J connectivity index is 1.50. The Morgan fingerprint density at radius 2 is 2.22 bits per heavy atom. The maximum Gasteiger partial charge on any atom is 0.247 e. The summed E-state index contributed by atoms with van der Waals surface area (Å²) in [5, 5.41) is 4.97. The third-order valence-corrected chi connectivity index (χ3v) is 4.76. The monoisotopic (exact) mass is 330 g/mol. The summed E-state index contributed by atoms with van der Waals surface area (Å²) < 4.78 is 13.2. The zero-order chi connectivity index (χ0) is 16.1. The third kappa shape index (κ3) is 4.50. The van der Waals surface area contributed by atoms with Crippen molar-refractivity contribution < 1.29 is 9.18 Å². The number of rotatable bonds is 5. The van der Waals surface area contributed by atoms with E-state index in [-0.39, 0.29) is 11.7 Å². The van der Waals surface area contributed by atoms with Crippen LogP contribution in [0.1, 0.15) is 16.9 Å². The van der Waals surface area contributed by atoms with E-state index in [2.05, 4.69) is 10.2 Å². The van der Waals surface area contributed by atoms with Crippen LogP contribution in [-0.2, 0) is 17.9 Å². The second-order valence-corrected chi connectivity index (χ2v) is 6.64. The van der Waals surface area contributed by atoms with Gasteiger partial charge in [-0.15, -0.1) is 11.3 Å². The van der Waals surface area contributed by atoms with Crippen LogP contribution in [-0.4, -0.2) is 23.9 Å². The molecule has 0 saturated carbocycles. The molecule has 23 heavy (non-hydrogen) atoms. The Hall–Kier alpha value is -1.98. The molecule has 1 aliphatic rings. The van der Waals surface area contributed by atoms with Gasteiger partial charge in [-0.1, -0.05) is 24.3 Å². The van der Waals surface area contributed by atoms with Gasteiger partial charge < -0.3 is 5.32 Å². The minimum Gasteiger partial charge on any atom is -0.347 e. The van der Waals surface area contributed by atoms with E-state index in [1.807, 2.05) is 29.7 Å². The molecule has 0 aliphatic carbocycles. The van der Waals surface area contributed by atoms with Crippen molar-refractivity contribution in [3.63, 3.8) is 0 Å². The number of amides is 1. The number of halogens is 1. The zero-order valence-electron chi connectivity index (χ0n) is 12.8. The maximum atomic E-state index is 13.2. The Labute approximate surface area is 139 Å². The lowest BCUT2D eigenvalue weighted by Crippen LogP contribution is -2.33. The molecule has 1 amide bonds. The van der Waals surface area contributed by atoms with E-state index in [0.717, 1.165) is 35.5 Å². The normalized spacial score (nSPS) is 15.3. The van der Waals surface area contributed by atoms with Gasteiger partial charge in [-0.05, 0) is 35.6 Å². The second-order valence-electron chi connectivity index (χ2n) is 5.61. The molecule has 0 unspecified atom stereocenters. The molecule has 2 aromatic rings. The quantitative estimate of drug-likeness (QED) is 0.912. The highest BCUT2D eigenvalue weighted by molar-refractivity contribution is 7.09. The Morgan fingerprint density at radius 3 is 2.91 bits per heavy atom. The summed E-state index contributed by atoms with van der Waals surface area (Å²) in [6, 6.07) is 10.7. The molecule has 1 aromatic carbocycles. The standard InChI is InChI=1S/C18H19FN2OS/c19-16-4-1-3-14(11-16)13-21-8-6-15(7-9-21)18(22)20-12-17-5-2-10-23-17/h1-6,10-11H,7-9,12-13H2,(H,20,22). The molecule has 3 nitrogen and oxygen atoms in total. The van der Waals surface area contributed by atoms with Crippen molar-refractivity contribution in [2.24, 2.45) is 0 Å². The number of nitrogens with zero attached hydrogens (tertiary/aromatic N) is 1. The van der Waals surface area contributed by atoms with E-state index in [4.69, 9.17) is 0 Å². The molecule has 1 N–H and O–H groups in total. The molecule has 0 spiro atoms. The summed E-state index contributed by atoms with van der Waals surface area (Å²) in [6.07, 6.45) is 2.71. The summed E-state index contributed by atoms with van der Waals surface area (Å²) in [6.45, 7) is 2.83. The fourth-order valence-electron chi connectivity index (χ4n) is 2.65. The molecule has 0 bridgehead atoms. The van der Waals surface area contributed by atoms with E-state index >= 15 is 0 Å². The lowest BCUT2D eigenvalue weighted by atomic mass is 10.1. The number of benzene rings is 1. The van der Waals surface area contributed by atoms with Gasteiger partial charge in [0.05, 0.1) is 6.54 Å². The van der Waals surface area contributed by atoms with E-state index in [9.17, 15) is 9.18 Å². The van der Waals surface area contributed by atoms with Gasteiger partial charge in [-0.2, -0.15) is 0 Å². The van der Waals surface area contributed by atoms with E-state index < -0.39 is 0 Å². The molecular formula is C18H19FN2OS. The number of carbonyl (C=O) groups is 1. The molecule has 2 heterocycles. The summed E-state index contributed by atoms with van der Waals surface area (Å²) in [7, 11) is 0. The van der Waals surface area contributed by atoms with Crippen LogP contribution >= 0.6 is 11.3 Å². The van der Waals surface area contributed by atoms with Gasteiger partial charge in [0.1, 0.15) is 5.82 Å². The molecular weight excluding hydrogens is 311 g/mol. The van der Waals surface area contributed by atoms with Crippen LogP contribution in [0.2, 0.25) is 0 Å². The lowest BCUT2D eigenvalue weighted by Gasteiger charge is -2.26. The highest BCUT2D eigenvalue weighted by atomic mass is 32.1. The van der Waals surface area contributed by atoms with Crippen molar-refractivity contribution in [1.29, 1.82) is 0 Å². The van der Waals surface area contributed by atoms with Gasteiger partial charge in [-0.25, -0.2) is 4.39 Å². The third-order valence-electron chi connectivity index (χ3n) is 3.88. The van der Waals surface area contributed by atoms with Gasteiger partial charge in [0.25, 0.3) is 0 Å². The first-order valence-corrected chi connectivity index (χ1v) is 8.55. The minimum atomic E-state index is -0.205. The minimum absolute atomic E-state index is 0.0174. The van der Waals surface area contributed by atoms with E-state index in [1.54, 1.807) is 23.5 Å². The van der Waals surface area contributed by atoms with Crippen LogP contribution in [0.3, 0.4) is 0 Å². The first kappa shape index (κ1) is 15.9. The number of hydrogen-bond acceptors (Lipinski definition) is 3. The maximum absolute atomic E-state index is 13.2. The van der Waals surface area contributed by atoms with Crippen LogP contribution in [0.4, 0.5) is 4.39 Å². The number of hydrogen-bond donors (Lipinski definition) is 1. The molecule has 1 aliphatic heterocycles. The second kappa shape index (κ2) is 7.53. The number of nitrogens with one attached hydrogen (secondary N) is 1. The van der Waals surface area contributed by atoms with Crippen molar-refractivity contribution in [3.8, 4) is 0 Å². The van der Waals surface area contributed by atoms with Gasteiger partial charge in [0, 0.05) is 30.1 Å². The SMILES string of the molecule is O=C(NCc1cccs1)C1=CCN(Cc2cccc(F)c2)CC1. The van der Waals surface area contributed by atoms with Crippen molar-refractivity contribution in [2.75, 3.05) is 13.1 Å². The largest absolute Gasteiger partial charge is 0.347 e. The van der Waals surface area contributed by atoms with Crippen molar-refractivity contribution in [2.45, 2.75) is 19.5 Å². The Morgan fingerprint density at radius 1 is 1.30 bits per heavy atom. The Kier molecular flexibility index (Phi) is 5.20. The summed E-state index contributed by atoms with van der Waals surface area (Å²) in [5.74, 6) is -0.187. The molecule has 5 heteroatoms. The molecule has 3 rings (SSSR count). The molecule has 0 saturated heterocycles. The smallest absolute Gasteiger partial charge is 0.247 e. The van der Waals surface area contributed by atoms with Crippen LogP contribution in [0, 0.1) is 5.82 Å². The lowest BCUT2D eigenvalue weighted by molar-refractivity contribution is -0.117. The predicted octanol–water partition coefficient (Wildman–Crippen LogP) is 3.34.